The van der Waals surface area contributed by atoms with Crippen molar-refractivity contribution in [2.75, 3.05) is 0 Å². The summed E-state index contributed by atoms with van der Waals surface area (Å²) < 4.78 is 0. The quantitative estimate of drug-likeness (QED) is 0.658. The summed E-state index contributed by atoms with van der Waals surface area (Å²) in [6, 6.07) is 19.4. The van der Waals surface area contributed by atoms with Crippen molar-refractivity contribution in [3.8, 4) is 11.1 Å². The van der Waals surface area contributed by atoms with E-state index in [-0.39, 0.29) is 0 Å². The smallest absolute Gasteiger partial charge is 0.0178 e. The zero-order valence-corrected chi connectivity index (χ0v) is 11.0. The van der Waals surface area contributed by atoms with Crippen LogP contribution in [0.2, 0.25) is 0 Å². The molecule has 0 fully saturated rings. The first-order valence-corrected chi connectivity index (χ1v) is 6.96. The maximum absolute atomic E-state index is 2.35. The van der Waals surface area contributed by atoms with Gasteiger partial charge in [0, 0.05) is 0 Å². The van der Waals surface area contributed by atoms with Gasteiger partial charge in [0.25, 0.3) is 0 Å². The molecule has 3 rings (SSSR count). The number of allylic oxidation sites excluding steroid dienone is 4. The molecule has 2 aromatic rings. The van der Waals surface area contributed by atoms with E-state index in [9.17, 15) is 0 Å². The van der Waals surface area contributed by atoms with E-state index in [4.69, 9.17) is 0 Å². The lowest BCUT2D eigenvalue weighted by molar-refractivity contribution is 0.876. The lowest BCUT2D eigenvalue weighted by Crippen LogP contribution is -1.83. The third-order valence-electron chi connectivity index (χ3n) is 3.54. The highest BCUT2D eigenvalue weighted by Crippen LogP contribution is 2.26. The standard InChI is InChI=1S/C19H18/c1-2-5-10-16(9-4-1)18-13-8-14-19(15-18)17-11-6-3-7-12-17/h3-4,6-15H,1-2,5H2. The molecule has 0 saturated heterocycles. The SMILES string of the molecule is C1=CC(c2cccc(-c3ccccc3)c2)=CCCC1. The summed E-state index contributed by atoms with van der Waals surface area (Å²) in [4.78, 5) is 0. The monoisotopic (exact) mass is 246 g/mol. The molecular formula is C19H18. The second-order valence-electron chi connectivity index (χ2n) is 4.94. The predicted octanol–water partition coefficient (Wildman–Crippen LogP) is 5.48. The summed E-state index contributed by atoms with van der Waals surface area (Å²) in [5, 5.41) is 0. The molecule has 0 saturated carbocycles. The van der Waals surface area contributed by atoms with Crippen molar-refractivity contribution in [1.82, 2.24) is 0 Å². The van der Waals surface area contributed by atoms with Crippen molar-refractivity contribution in [3.63, 3.8) is 0 Å². The topological polar surface area (TPSA) is 0 Å². The number of hydrogen-bond acceptors (Lipinski definition) is 0. The Morgan fingerprint density at radius 2 is 1.47 bits per heavy atom. The van der Waals surface area contributed by atoms with Gasteiger partial charge in [0.2, 0.25) is 0 Å². The van der Waals surface area contributed by atoms with Crippen LogP contribution in [0.25, 0.3) is 16.7 Å². The Bertz CT molecular complexity index is 603. The first kappa shape index (κ1) is 12.0. The lowest BCUT2D eigenvalue weighted by Gasteiger charge is -2.06. The molecule has 0 N–H and O–H groups in total. The maximum Gasteiger partial charge on any atom is -0.0178 e. The third kappa shape index (κ3) is 2.85. The minimum Gasteiger partial charge on any atom is -0.0839 e. The first-order chi connectivity index (χ1) is 9.43. The molecule has 0 heteroatoms. The van der Waals surface area contributed by atoms with Crippen LogP contribution in [0, 0.1) is 0 Å². The fourth-order valence-electron chi connectivity index (χ4n) is 2.49. The third-order valence-corrected chi connectivity index (χ3v) is 3.54. The Morgan fingerprint density at radius 3 is 2.37 bits per heavy atom. The van der Waals surface area contributed by atoms with Crippen LogP contribution in [0.4, 0.5) is 0 Å². The van der Waals surface area contributed by atoms with Crippen LogP contribution in [0.3, 0.4) is 0 Å². The molecule has 94 valence electrons. The average Bonchev–Trinajstić information content (AvgIpc) is 2.77. The normalized spacial score (nSPS) is 14.8. The molecule has 1 aliphatic carbocycles. The van der Waals surface area contributed by atoms with Crippen molar-refractivity contribution >= 4 is 5.57 Å². The van der Waals surface area contributed by atoms with Crippen LogP contribution in [-0.4, -0.2) is 0 Å². The van der Waals surface area contributed by atoms with Crippen LogP contribution in [0.1, 0.15) is 24.8 Å². The highest BCUT2D eigenvalue weighted by Gasteiger charge is 2.03. The Kier molecular flexibility index (Phi) is 3.60. The van der Waals surface area contributed by atoms with Gasteiger partial charge in [-0.1, -0.05) is 66.8 Å². The van der Waals surface area contributed by atoms with E-state index in [1.54, 1.807) is 0 Å². The average molecular weight is 246 g/mol. The highest BCUT2D eigenvalue weighted by molar-refractivity contribution is 5.78. The van der Waals surface area contributed by atoms with E-state index >= 15 is 0 Å². The first-order valence-electron chi connectivity index (χ1n) is 6.96. The van der Waals surface area contributed by atoms with Gasteiger partial charge >= 0.3 is 0 Å². The minimum absolute atomic E-state index is 1.18. The van der Waals surface area contributed by atoms with E-state index in [0.717, 1.165) is 0 Å². The van der Waals surface area contributed by atoms with Crippen LogP contribution in [0.15, 0.2) is 72.8 Å². The summed E-state index contributed by atoms with van der Waals surface area (Å²) in [7, 11) is 0. The summed E-state index contributed by atoms with van der Waals surface area (Å²) in [6.07, 6.45) is 10.5. The van der Waals surface area contributed by atoms with E-state index in [1.165, 1.54) is 41.5 Å². The minimum atomic E-state index is 1.18. The molecule has 0 unspecified atom stereocenters. The Hall–Kier alpha value is -2.08. The van der Waals surface area contributed by atoms with Gasteiger partial charge in [0.1, 0.15) is 0 Å². The Balaban J connectivity index is 1.98. The molecule has 1 aliphatic rings. The van der Waals surface area contributed by atoms with Crippen molar-refractivity contribution in [2.24, 2.45) is 0 Å². The molecule has 2 aromatic carbocycles. The number of hydrogen-bond donors (Lipinski definition) is 0. The van der Waals surface area contributed by atoms with Gasteiger partial charge < -0.3 is 0 Å². The summed E-state index contributed by atoms with van der Waals surface area (Å²) in [5.74, 6) is 0. The van der Waals surface area contributed by atoms with Gasteiger partial charge in [-0.05, 0) is 47.6 Å². The summed E-state index contributed by atoms with van der Waals surface area (Å²) in [5.41, 5.74) is 5.24. The Labute approximate surface area is 115 Å². The van der Waals surface area contributed by atoms with E-state index < -0.39 is 0 Å². The molecule has 19 heavy (non-hydrogen) atoms. The molecule has 0 aliphatic heterocycles. The second-order valence-corrected chi connectivity index (χ2v) is 4.94. The zero-order chi connectivity index (χ0) is 12.9. The molecule has 0 aromatic heterocycles. The van der Waals surface area contributed by atoms with Gasteiger partial charge in [0.15, 0.2) is 0 Å². The summed E-state index contributed by atoms with van der Waals surface area (Å²) in [6.45, 7) is 0. The molecular weight excluding hydrogens is 228 g/mol. The largest absolute Gasteiger partial charge is 0.0839 e. The maximum atomic E-state index is 2.35. The van der Waals surface area contributed by atoms with Gasteiger partial charge in [-0.3, -0.25) is 0 Å². The molecule has 0 heterocycles. The fraction of sp³-hybridized carbons (Fsp3) is 0.158. The Morgan fingerprint density at radius 1 is 0.684 bits per heavy atom. The van der Waals surface area contributed by atoms with E-state index in [0.29, 0.717) is 0 Å². The van der Waals surface area contributed by atoms with Crippen LogP contribution >= 0.6 is 0 Å². The lowest BCUT2D eigenvalue weighted by atomic mass is 9.98. The van der Waals surface area contributed by atoms with Crippen molar-refractivity contribution in [2.45, 2.75) is 19.3 Å². The molecule has 0 nitrogen and oxygen atoms in total. The van der Waals surface area contributed by atoms with Gasteiger partial charge in [-0.25, -0.2) is 0 Å². The van der Waals surface area contributed by atoms with Crippen molar-refractivity contribution in [3.05, 3.63) is 78.4 Å². The van der Waals surface area contributed by atoms with E-state index in [1.807, 2.05) is 0 Å². The van der Waals surface area contributed by atoms with Gasteiger partial charge in [0.05, 0.1) is 0 Å². The van der Waals surface area contributed by atoms with E-state index in [2.05, 4.69) is 72.8 Å². The van der Waals surface area contributed by atoms with Gasteiger partial charge in [-0.2, -0.15) is 0 Å². The molecule has 0 radical (unpaired) electrons. The van der Waals surface area contributed by atoms with Crippen LogP contribution in [-0.2, 0) is 0 Å². The predicted molar refractivity (Wildman–Crippen MR) is 82.8 cm³/mol. The molecule has 0 amide bonds. The highest BCUT2D eigenvalue weighted by atomic mass is 14.1. The number of rotatable bonds is 2. The fourth-order valence-corrected chi connectivity index (χ4v) is 2.49. The van der Waals surface area contributed by atoms with Crippen molar-refractivity contribution in [1.29, 1.82) is 0 Å². The molecule has 0 atom stereocenters. The molecule has 0 spiro atoms. The van der Waals surface area contributed by atoms with Crippen LogP contribution in [0.5, 0.6) is 0 Å². The molecule has 0 bridgehead atoms. The zero-order valence-electron chi connectivity index (χ0n) is 11.0. The second kappa shape index (κ2) is 5.71. The van der Waals surface area contributed by atoms with Gasteiger partial charge in [-0.15, -0.1) is 0 Å². The number of benzene rings is 2. The summed E-state index contributed by atoms with van der Waals surface area (Å²) >= 11 is 0. The van der Waals surface area contributed by atoms with Crippen LogP contribution < -0.4 is 0 Å². The van der Waals surface area contributed by atoms with Crippen molar-refractivity contribution < 1.29 is 0 Å².